The van der Waals surface area contributed by atoms with Gasteiger partial charge in [-0.3, -0.25) is 9.59 Å². The lowest BCUT2D eigenvalue weighted by molar-refractivity contribution is -0.144. The maximum absolute atomic E-state index is 13.3. The molecule has 3 N–H and O–H groups in total. The number of amides is 3. The molecule has 3 amide bonds. The Hall–Kier alpha value is -3.05. The minimum atomic E-state index is -1.57. The Bertz CT molecular complexity index is 906. The molecule has 0 spiro atoms. The van der Waals surface area contributed by atoms with Crippen molar-refractivity contribution in [3.63, 3.8) is 0 Å². The fraction of sp³-hybridized carbons (Fsp3) is 0.560. The third kappa shape index (κ3) is 7.22. The van der Waals surface area contributed by atoms with E-state index >= 15 is 0 Å². The fourth-order valence-corrected chi connectivity index (χ4v) is 3.70. The second-order valence-electron chi connectivity index (χ2n) is 9.92. The van der Waals surface area contributed by atoms with Crippen LogP contribution in [0.25, 0.3) is 0 Å². The van der Waals surface area contributed by atoms with Crippen molar-refractivity contribution >= 4 is 17.9 Å². The summed E-state index contributed by atoms with van der Waals surface area (Å²) in [4.78, 5) is 40.1. The number of hydrogen-bond acceptors (Lipinski definition) is 5. The average molecular weight is 458 g/mol. The molecule has 1 saturated heterocycles. The second-order valence-corrected chi connectivity index (χ2v) is 9.92. The summed E-state index contributed by atoms with van der Waals surface area (Å²) in [5.41, 5.74) is -0.690. The molecule has 1 aromatic carbocycles. The van der Waals surface area contributed by atoms with Crippen LogP contribution in [0.2, 0.25) is 0 Å². The van der Waals surface area contributed by atoms with E-state index in [4.69, 9.17) is 11.2 Å². The molecule has 3 atom stereocenters. The molecule has 1 heterocycles. The summed E-state index contributed by atoms with van der Waals surface area (Å²) in [6.45, 7) is 10.2. The van der Waals surface area contributed by atoms with Crippen molar-refractivity contribution in [2.24, 2.45) is 0 Å². The molecular formula is C25H35N3O5. The molecule has 180 valence electrons. The first-order valence-electron chi connectivity index (χ1n) is 11.1. The van der Waals surface area contributed by atoms with Gasteiger partial charge in [-0.15, -0.1) is 6.42 Å². The summed E-state index contributed by atoms with van der Waals surface area (Å²) < 4.78 is 5.25. The van der Waals surface area contributed by atoms with Crippen molar-refractivity contribution < 1.29 is 24.2 Å². The number of likely N-dealkylation sites (tertiary alicyclic amines) is 1. The number of carbonyl (C=O) groups excluding carboxylic acids is 3. The molecule has 1 aliphatic heterocycles. The monoisotopic (exact) mass is 457 g/mol. The van der Waals surface area contributed by atoms with Gasteiger partial charge in [0.1, 0.15) is 17.7 Å². The van der Waals surface area contributed by atoms with Gasteiger partial charge in [-0.2, -0.15) is 0 Å². The van der Waals surface area contributed by atoms with Gasteiger partial charge in [0.2, 0.25) is 11.8 Å². The first kappa shape index (κ1) is 26.2. The van der Waals surface area contributed by atoms with E-state index < -0.39 is 35.3 Å². The maximum Gasteiger partial charge on any atom is 0.408 e. The third-order valence-corrected chi connectivity index (χ3v) is 5.39. The smallest absolute Gasteiger partial charge is 0.408 e. The zero-order valence-corrected chi connectivity index (χ0v) is 20.3. The molecule has 0 saturated carbocycles. The molecule has 8 heteroatoms. The summed E-state index contributed by atoms with van der Waals surface area (Å²) in [6, 6.07) is 5.07. The zero-order chi connectivity index (χ0) is 25.0. The molecule has 1 aromatic rings. The number of hydrogen-bond donors (Lipinski definition) is 3. The van der Waals surface area contributed by atoms with E-state index in [0.717, 1.165) is 11.1 Å². The number of rotatable bonds is 6. The molecule has 0 aliphatic carbocycles. The SMILES string of the molecule is C#Cc1ccc(C(C)NC(=O)C2CCCN2C(=O)C(NC(=O)OC(C)(C)C)C(C)(C)O)cc1. The lowest BCUT2D eigenvalue weighted by Crippen LogP contribution is -2.61. The fourth-order valence-electron chi connectivity index (χ4n) is 3.70. The van der Waals surface area contributed by atoms with Gasteiger partial charge in [0.15, 0.2) is 0 Å². The number of ether oxygens (including phenoxy) is 1. The van der Waals surface area contributed by atoms with Crippen LogP contribution in [0.3, 0.4) is 0 Å². The van der Waals surface area contributed by atoms with E-state index in [0.29, 0.717) is 19.4 Å². The van der Waals surface area contributed by atoms with E-state index in [1.165, 1.54) is 18.7 Å². The lowest BCUT2D eigenvalue weighted by Gasteiger charge is -2.35. The minimum Gasteiger partial charge on any atom is -0.444 e. The van der Waals surface area contributed by atoms with Gasteiger partial charge in [0, 0.05) is 12.1 Å². The molecule has 8 nitrogen and oxygen atoms in total. The van der Waals surface area contributed by atoms with Gasteiger partial charge in [0.05, 0.1) is 11.6 Å². The maximum atomic E-state index is 13.3. The van der Waals surface area contributed by atoms with Crippen LogP contribution in [0.15, 0.2) is 24.3 Å². The highest BCUT2D eigenvalue weighted by atomic mass is 16.6. The van der Waals surface area contributed by atoms with Gasteiger partial charge >= 0.3 is 6.09 Å². The molecule has 33 heavy (non-hydrogen) atoms. The van der Waals surface area contributed by atoms with E-state index in [9.17, 15) is 19.5 Å². The van der Waals surface area contributed by atoms with Gasteiger partial charge < -0.3 is 25.4 Å². The summed E-state index contributed by atoms with van der Waals surface area (Å²) >= 11 is 0. The highest BCUT2D eigenvalue weighted by Gasteiger charge is 2.43. The second kappa shape index (κ2) is 10.3. The van der Waals surface area contributed by atoms with Gasteiger partial charge in [-0.05, 0) is 72.1 Å². The minimum absolute atomic E-state index is 0.285. The van der Waals surface area contributed by atoms with Crippen molar-refractivity contribution in [3.05, 3.63) is 35.4 Å². The number of aliphatic hydroxyl groups is 1. The highest BCUT2D eigenvalue weighted by molar-refractivity contribution is 5.92. The number of alkyl carbamates (subject to hydrolysis) is 1. The van der Waals surface area contributed by atoms with Gasteiger partial charge in [0.25, 0.3) is 0 Å². The van der Waals surface area contributed by atoms with Crippen molar-refractivity contribution in [1.29, 1.82) is 0 Å². The topological polar surface area (TPSA) is 108 Å². The van der Waals surface area contributed by atoms with E-state index in [1.807, 2.05) is 19.1 Å². The van der Waals surface area contributed by atoms with Crippen molar-refractivity contribution in [3.8, 4) is 12.3 Å². The Kier molecular flexibility index (Phi) is 8.15. The Morgan fingerprint density at radius 2 is 1.76 bits per heavy atom. The van der Waals surface area contributed by atoms with Crippen LogP contribution in [-0.2, 0) is 14.3 Å². The third-order valence-electron chi connectivity index (χ3n) is 5.39. The Balaban J connectivity index is 2.13. The van der Waals surface area contributed by atoms with Crippen LogP contribution in [0.1, 0.15) is 71.6 Å². The molecule has 0 radical (unpaired) electrons. The molecule has 0 bridgehead atoms. The molecule has 2 rings (SSSR count). The number of terminal acetylenes is 1. The van der Waals surface area contributed by atoms with Gasteiger partial charge in [-0.1, -0.05) is 18.1 Å². The Labute approximate surface area is 196 Å². The molecular weight excluding hydrogens is 422 g/mol. The van der Waals surface area contributed by atoms with Crippen LogP contribution < -0.4 is 10.6 Å². The predicted molar refractivity (Wildman–Crippen MR) is 125 cm³/mol. The van der Waals surface area contributed by atoms with E-state index in [2.05, 4.69) is 16.6 Å². The summed E-state index contributed by atoms with van der Waals surface area (Å²) in [7, 11) is 0. The Morgan fingerprint density at radius 1 is 1.15 bits per heavy atom. The molecule has 0 aromatic heterocycles. The van der Waals surface area contributed by atoms with Crippen molar-refractivity contribution in [2.45, 2.75) is 83.7 Å². The molecule has 3 unspecified atom stereocenters. The quantitative estimate of drug-likeness (QED) is 0.569. The summed E-state index contributed by atoms with van der Waals surface area (Å²) in [5, 5.41) is 16.0. The Morgan fingerprint density at radius 3 is 2.27 bits per heavy atom. The van der Waals surface area contributed by atoms with Crippen LogP contribution in [0.5, 0.6) is 0 Å². The van der Waals surface area contributed by atoms with Crippen LogP contribution in [-0.4, -0.2) is 57.7 Å². The predicted octanol–water partition coefficient (Wildman–Crippen LogP) is 2.50. The first-order valence-corrected chi connectivity index (χ1v) is 11.1. The molecule has 1 aliphatic rings. The van der Waals surface area contributed by atoms with Crippen LogP contribution in [0.4, 0.5) is 4.79 Å². The summed E-state index contributed by atoms with van der Waals surface area (Å²) in [5.74, 6) is 1.73. The first-order chi connectivity index (χ1) is 15.2. The highest BCUT2D eigenvalue weighted by Crippen LogP contribution is 2.23. The van der Waals surface area contributed by atoms with Crippen molar-refractivity contribution in [1.82, 2.24) is 15.5 Å². The number of nitrogens with one attached hydrogen (secondary N) is 2. The van der Waals surface area contributed by atoms with E-state index in [-0.39, 0.29) is 11.9 Å². The van der Waals surface area contributed by atoms with Crippen molar-refractivity contribution in [2.75, 3.05) is 6.54 Å². The van der Waals surface area contributed by atoms with E-state index in [1.54, 1.807) is 32.9 Å². The summed E-state index contributed by atoms with van der Waals surface area (Å²) in [6.07, 6.45) is 5.71. The largest absolute Gasteiger partial charge is 0.444 e. The lowest BCUT2D eigenvalue weighted by atomic mass is 9.97. The van der Waals surface area contributed by atoms with Crippen LogP contribution in [0, 0.1) is 12.3 Å². The number of carbonyl (C=O) groups is 3. The average Bonchev–Trinajstić information content (AvgIpc) is 3.19. The number of nitrogens with zero attached hydrogens (tertiary/aromatic N) is 1. The van der Waals surface area contributed by atoms with Crippen LogP contribution >= 0.6 is 0 Å². The number of benzene rings is 1. The van der Waals surface area contributed by atoms with Gasteiger partial charge in [-0.25, -0.2) is 4.79 Å². The normalized spacial score (nSPS) is 18.1. The zero-order valence-electron chi connectivity index (χ0n) is 20.3. The standard InChI is InChI=1S/C25H35N3O5/c1-8-17-11-13-18(14-12-17)16(2)26-21(29)19-10-9-15-28(19)22(30)20(25(6,7)32)27-23(31)33-24(3,4)5/h1,11-14,16,19-20,32H,9-10,15H2,2-7H3,(H,26,29)(H,27,31). The molecule has 1 fully saturated rings.